The molecular formula is C10H8IN3O2S. The fourth-order valence-electron chi connectivity index (χ4n) is 1.13. The molecule has 88 valence electrons. The van der Waals surface area contributed by atoms with Crippen molar-refractivity contribution in [2.24, 2.45) is 0 Å². The Balaban J connectivity index is 2.07. The van der Waals surface area contributed by atoms with Crippen molar-refractivity contribution in [1.82, 2.24) is 15.2 Å². The molecule has 0 amide bonds. The number of aromatic amines is 2. The van der Waals surface area contributed by atoms with Crippen LogP contribution in [0.25, 0.3) is 0 Å². The van der Waals surface area contributed by atoms with Crippen LogP contribution in [0.3, 0.4) is 0 Å². The van der Waals surface area contributed by atoms with Gasteiger partial charge in [0.2, 0.25) is 0 Å². The Kier molecular flexibility index (Phi) is 4.00. The molecule has 1 heterocycles. The van der Waals surface area contributed by atoms with E-state index in [0.717, 1.165) is 5.56 Å². The second kappa shape index (κ2) is 5.50. The Morgan fingerprint density at radius 2 is 1.88 bits per heavy atom. The van der Waals surface area contributed by atoms with E-state index in [1.165, 1.54) is 15.3 Å². The molecule has 7 heteroatoms. The molecule has 2 aromatic rings. The maximum absolute atomic E-state index is 11.0. The fourth-order valence-corrected chi connectivity index (χ4v) is 2.27. The van der Waals surface area contributed by atoms with E-state index >= 15 is 0 Å². The molecule has 5 nitrogen and oxygen atoms in total. The van der Waals surface area contributed by atoms with Crippen LogP contribution in [-0.2, 0) is 5.75 Å². The second-order valence-electron chi connectivity index (χ2n) is 3.23. The molecule has 0 radical (unpaired) electrons. The zero-order chi connectivity index (χ0) is 12.3. The highest BCUT2D eigenvalue weighted by molar-refractivity contribution is 14.1. The SMILES string of the molecule is O=c1[nH]nc(SCc2ccc(I)cc2)[nH]c1=O. The first-order chi connectivity index (χ1) is 8.15. The van der Waals surface area contributed by atoms with Gasteiger partial charge in [-0.15, -0.1) is 5.10 Å². The highest BCUT2D eigenvalue weighted by atomic mass is 127. The first kappa shape index (κ1) is 12.4. The molecule has 1 aromatic carbocycles. The summed E-state index contributed by atoms with van der Waals surface area (Å²) in [6.07, 6.45) is 0. The van der Waals surface area contributed by atoms with E-state index in [1.54, 1.807) is 0 Å². The maximum Gasteiger partial charge on any atom is 0.329 e. The average molecular weight is 361 g/mol. The average Bonchev–Trinajstić information content (AvgIpc) is 2.33. The summed E-state index contributed by atoms with van der Waals surface area (Å²) in [5, 5.41) is 6.29. The summed E-state index contributed by atoms with van der Waals surface area (Å²) in [5.74, 6) is 0.686. The van der Waals surface area contributed by atoms with Crippen molar-refractivity contribution >= 4 is 34.4 Å². The summed E-state index contributed by atoms with van der Waals surface area (Å²) in [5.41, 5.74) is -0.280. The molecule has 0 saturated heterocycles. The van der Waals surface area contributed by atoms with E-state index < -0.39 is 11.1 Å². The van der Waals surface area contributed by atoms with Gasteiger partial charge in [0, 0.05) is 9.32 Å². The van der Waals surface area contributed by atoms with Gasteiger partial charge in [0.05, 0.1) is 0 Å². The zero-order valence-corrected chi connectivity index (χ0v) is 11.5. The Labute approximate surface area is 114 Å². The highest BCUT2D eigenvalue weighted by Crippen LogP contribution is 2.17. The van der Waals surface area contributed by atoms with Crippen LogP contribution in [0.5, 0.6) is 0 Å². The van der Waals surface area contributed by atoms with Crippen LogP contribution in [0, 0.1) is 3.57 Å². The van der Waals surface area contributed by atoms with Crippen molar-refractivity contribution < 1.29 is 0 Å². The number of nitrogens with one attached hydrogen (secondary N) is 2. The molecule has 0 atom stereocenters. The first-order valence-electron chi connectivity index (χ1n) is 4.71. The van der Waals surface area contributed by atoms with Crippen LogP contribution in [0.15, 0.2) is 39.0 Å². The van der Waals surface area contributed by atoms with Crippen molar-refractivity contribution in [3.05, 3.63) is 54.1 Å². The molecule has 0 bridgehead atoms. The number of rotatable bonds is 3. The Morgan fingerprint density at radius 3 is 2.53 bits per heavy atom. The van der Waals surface area contributed by atoms with Gasteiger partial charge < -0.3 is 0 Å². The molecule has 2 rings (SSSR count). The summed E-state index contributed by atoms with van der Waals surface area (Å²) in [6, 6.07) is 8.05. The third-order valence-corrected chi connectivity index (χ3v) is 3.64. The van der Waals surface area contributed by atoms with Crippen LogP contribution in [0.2, 0.25) is 0 Å². The number of nitrogens with zero attached hydrogens (tertiary/aromatic N) is 1. The molecular weight excluding hydrogens is 353 g/mol. The molecule has 0 aliphatic heterocycles. The lowest BCUT2D eigenvalue weighted by molar-refractivity contribution is 0.790. The van der Waals surface area contributed by atoms with E-state index in [2.05, 4.69) is 37.8 Å². The second-order valence-corrected chi connectivity index (χ2v) is 5.44. The van der Waals surface area contributed by atoms with Gasteiger partial charge in [0.15, 0.2) is 5.16 Å². The Morgan fingerprint density at radius 1 is 1.18 bits per heavy atom. The lowest BCUT2D eigenvalue weighted by Crippen LogP contribution is -2.30. The van der Waals surface area contributed by atoms with Gasteiger partial charge in [-0.1, -0.05) is 23.9 Å². The van der Waals surface area contributed by atoms with E-state index in [4.69, 9.17) is 0 Å². The third-order valence-electron chi connectivity index (χ3n) is 1.97. The van der Waals surface area contributed by atoms with E-state index in [1.807, 2.05) is 24.3 Å². The van der Waals surface area contributed by atoms with Gasteiger partial charge >= 0.3 is 11.1 Å². The number of hydrogen-bond acceptors (Lipinski definition) is 4. The fraction of sp³-hybridized carbons (Fsp3) is 0.100. The number of benzene rings is 1. The standard InChI is InChI=1S/C10H8IN3O2S/c11-7-3-1-6(2-4-7)5-17-10-12-8(15)9(16)13-14-10/h1-4H,5H2,(H,13,16)(H,12,14,15). The maximum atomic E-state index is 11.0. The molecule has 0 aliphatic rings. The van der Waals surface area contributed by atoms with Gasteiger partial charge in [-0.3, -0.25) is 14.6 Å². The largest absolute Gasteiger partial charge is 0.329 e. The van der Waals surface area contributed by atoms with Crippen LogP contribution < -0.4 is 11.1 Å². The normalized spacial score (nSPS) is 10.4. The van der Waals surface area contributed by atoms with Crippen molar-refractivity contribution in [2.45, 2.75) is 10.9 Å². The monoisotopic (exact) mass is 361 g/mol. The zero-order valence-electron chi connectivity index (χ0n) is 8.57. The van der Waals surface area contributed by atoms with Crippen molar-refractivity contribution in [3.63, 3.8) is 0 Å². The Hall–Kier alpha value is -1.09. The Bertz CT molecular complexity index is 620. The minimum atomic E-state index is -0.733. The van der Waals surface area contributed by atoms with E-state index in [-0.39, 0.29) is 0 Å². The minimum absolute atomic E-state index is 0.410. The summed E-state index contributed by atoms with van der Waals surface area (Å²) in [7, 11) is 0. The van der Waals surface area contributed by atoms with Crippen molar-refractivity contribution in [3.8, 4) is 0 Å². The van der Waals surface area contributed by atoms with E-state index in [0.29, 0.717) is 10.9 Å². The summed E-state index contributed by atoms with van der Waals surface area (Å²) in [6.45, 7) is 0. The van der Waals surface area contributed by atoms with Crippen LogP contribution in [0.1, 0.15) is 5.56 Å². The number of H-pyrrole nitrogens is 2. The molecule has 0 fully saturated rings. The molecule has 0 aliphatic carbocycles. The molecule has 17 heavy (non-hydrogen) atoms. The molecule has 0 saturated carbocycles. The lowest BCUT2D eigenvalue weighted by Gasteiger charge is -2.00. The molecule has 2 N–H and O–H groups in total. The molecule has 0 spiro atoms. The number of thioether (sulfide) groups is 1. The third kappa shape index (κ3) is 3.43. The van der Waals surface area contributed by atoms with Crippen LogP contribution >= 0.6 is 34.4 Å². The summed E-state index contributed by atoms with van der Waals surface area (Å²) in [4.78, 5) is 24.3. The van der Waals surface area contributed by atoms with Gasteiger partial charge in [-0.2, -0.15) is 0 Å². The predicted octanol–water partition coefficient (Wildman–Crippen LogP) is 1.36. The predicted molar refractivity (Wildman–Crippen MR) is 74.2 cm³/mol. The van der Waals surface area contributed by atoms with Gasteiger partial charge in [0.25, 0.3) is 0 Å². The quantitative estimate of drug-likeness (QED) is 0.492. The van der Waals surface area contributed by atoms with Gasteiger partial charge in [0.1, 0.15) is 0 Å². The highest BCUT2D eigenvalue weighted by Gasteiger charge is 2.01. The van der Waals surface area contributed by atoms with E-state index in [9.17, 15) is 9.59 Å². The smallest absolute Gasteiger partial charge is 0.295 e. The van der Waals surface area contributed by atoms with Gasteiger partial charge in [-0.25, -0.2) is 5.10 Å². The van der Waals surface area contributed by atoms with Crippen molar-refractivity contribution in [2.75, 3.05) is 0 Å². The van der Waals surface area contributed by atoms with Gasteiger partial charge in [-0.05, 0) is 40.3 Å². The first-order valence-corrected chi connectivity index (χ1v) is 6.78. The summed E-state index contributed by atoms with van der Waals surface area (Å²) < 4.78 is 1.17. The number of halogens is 1. The number of hydrogen-bond donors (Lipinski definition) is 2. The lowest BCUT2D eigenvalue weighted by atomic mass is 10.2. The molecule has 0 unspecified atom stereocenters. The van der Waals surface area contributed by atoms with Crippen LogP contribution in [0.4, 0.5) is 0 Å². The van der Waals surface area contributed by atoms with Crippen molar-refractivity contribution in [1.29, 1.82) is 0 Å². The number of aromatic nitrogens is 3. The van der Waals surface area contributed by atoms with Crippen LogP contribution in [-0.4, -0.2) is 15.2 Å². The minimum Gasteiger partial charge on any atom is -0.295 e. The molecule has 1 aromatic heterocycles. The topological polar surface area (TPSA) is 78.6 Å². The summed E-state index contributed by atoms with van der Waals surface area (Å²) >= 11 is 3.60.